The van der Waals surface area contributed by atoms with E-state index in [1.807, 2.05) is 0 Å². The monoisotopic (exact) mass is 247 g/mol. The average molecular weight is 248 g/mol. The summed E-state index contributed by atoms with van der Waals surface area (Å²) < 4.78 is 13.9. The lowest BCUT2D eigenvalue weighted by Gasteiger charge is -2.38. The summed E-state index contributed by atoms with van der Waals surface area (Å²) in [6.45, 7) is 5.78. The topological polar surface area (TPSA) is 38.2 Å². The number of hydrogen-bond acceptors (Lipinski definition) is 5. The molecule has 4 nitrogen and oxygen atoms in total. The van der Waals surface area contributed by atoms with E-state index in [2.05, 4.69) is 27.5 Å². The van der Waals surface area contributed by atoms with Gasteiger partial charge in [-0.1, -0.05) is 18.5 Å². The molecule has 84 valence electrons. The molecular formula is C9H14ClN3OS. The summed E-state index contributed by atoms with van der Waals surface area (Å²) in [6, 6.07) is 0.364. The van der Waals surface area contributed by atoms with Gasteiger partial charge in [-0.15, -0.1) is 0 Å². The van der Waals surface area contributed by atoms with Crippen LogP contribution >= 0.6 is 23.3 Å². The molecule has 1 aromatic heterocycles. The van der Waals surface area contributed by atoms with Crippen molar-refractivity contribution in [3.05, 3.63) is 5.15 Å². The lowest BCUT2D eigenvalue weighted by atomic mass is 10.1. The fourth-order valence-electron chi connectivity index (χ4n) is 1.79. The van der Waals surface area contributed by atoms with Crippen molar-refractivity contribution >= 4 is 29.1 Å². The molecule has 1 aliphatic heterocycles. The SMILES string of the molecule is CCC1COC(C)CN1c1nsnc1Cl. The van der Waals surface area contributed by atoms with Crippen LogP contribution in [-0.4, -0.2) is 34.0 Å². The number of rotatable bonds is 2. The first-order valence-electron chi connectivity index (χ1n) is 5.08. The number of ether oxygens (including phenoxy) is 1. The molecule has 15 heavy (non-hydrogen) atoms. The molecule has 0 N–H and O–H groups in total. The highest BCUT2D eigenvalue weighted by Crippen LogP contribution is 2.28. The maximum absolute atomic E-state index is 6.00. The first-order valence-corrected chi connectivity index (χ1v) is 6.19. The van der Waals surface area contributed by atoms with Gasteiger partial charge in [-0.25, -0.2) is 0 Å². The number of halogens is 1. The molecule has 0 saturated carbocycles. The molecule has 1 aliphatic rings. The second kappa shape index (κ2) is 4.63. The minimum atomic E-state index is 0.227. The third-order valence-corrected chi connectivity index (χ3v) is 3.52. The first kappa shape index (κ1) is 11.1. The van der Waals surface area contributed by atoms with Crippen LogP contribution in [0.5, 0.6) is 0 Å². The summed E-state index contributed by atoms with van der Waals surface area (Å²) in [5, 5.41) is 0.507. The van der Waals surface area contributed by atoms with E-state index >= 15 is 0 Å². The zero-order chi connectivity index (χ0) is 10.8. The van der Waals surface area contributed by atoms with E-state index in [-0.39, 0.29) is 6.10 Å². The van der Waals surface area contributed by atoms with Crippen LogP contribution in [0.2, 0.25) is 5.15 Å². The maximum atomic E-state index is 6.00. The van der Waals surface area contributed by atoms with Crippen LogP contribution in [0.25, 0.3) is 0 Å². The Morgan fingerprint density at radius 2 is 2.40 bits per heavy atom. The van der Waals surface area contributed by atoms with Gasteiger partial charge in [0, 0.05) is 6.54 Å². The number of morpholine rings is 1. The van der Waals surface area contributed by atoms with Crippen LogP contribution in [0, 0.1) is 0 Å². The Kier molecular flexibility index (Phi) is 3.43. The van der Waals surface area contributed by atoms with Gasteiger partial charge in [-0.05, 0) is 13.3 Å². The highest BCUT2D eigenvalue weighted by Gasteiger charge is 2.28. The van der Waals surface area contributed by atoms with Crippen molar-refractivity contribution in [3.8, 4) is 0 Å². The van der Waals surface area contributed by atoms with Crippen LogP contribution in [0.15, 0.2) is 0 Å². The van der Waals surface area contributed by atoms with Crippen molar-refractivity contribution in [1.29, 1.82) is 0 Å². The van der Waals surface area contributed by atoms with Crippen molar-refractivity contribution in [3.63, 3.8) is 0 Å². The molecule has 1 aromatic rings. The molecular weight excluding hydrogens is 234 g/mol. The minimum absolute atomic E-state index is 0.227. The van der Waals surface area contributed by atoms with Crippen LogP contribution in [0.3, 0.4) is 0 Å². The van der Waals surface area contributed by atoms with Crippen LogP contribution in [-0.2, 0) is 4.74 Å². The van der Waals surface area contributed by atoms with E-state index in [1.54, 1.807) is 0 Å². The molecule has 0 bridgehead atoms. The highest BCUT2D eigenvalue weighted by molar-refractivity contribution is 6.99. The van der Waals surface area contributed by atoms with E-state index in [1.165, 1.54) is 0 Å². The largest absolute Gasteiger partial charge is 0.375 e. The molecule has 0 spiro atoms. The Morgan fingerprint density at radius 3 is 3.00 bits per heavy atom. The molecule has 0 radical (unpaired) electrons. The molecule has 6 heteroatoms. The third kappa shape index (κ3) is 2.24. The molecule has 1 saturated heterocycles. The summed E-state index contributed by atoms with van der Waals surface area (Å²) in [5.74, 6) is 0.809. The summed E-state index contributed by atoms with van der Waals surface area (Å²) in [7, 11) is 0. The molecule has 1 fully saturated rings. The van der Waals surface area contributed by atoms with E-state index in [0.29, 0.717) is 11.2 Å². The molecule has 2 heterocycles. The molecule has 0 aromatic carbocycles. The zero-order valence-electron chi connectivity index (χ0n) is 8.81. The number of aromatic nitrogens is 2. The Labute approximate surface area is 98.5 Å². The quantitative estimate of drug-likeness (QED) is 0.803. The summed E-state index contributed by atoms with van der Waals surface area (Å²) in [4.78, 5) is 2.21. The molecule has 0 aliphatic carbocycles. The van der Waals surface area contributed by atoms with E-state index in [0.717, 1.165) is 37.1 Å². The van der Waals surface area contributed by atoms with Crippen molar-refractivity contribution < 1.29 is 4.74 Å². The Morgan fingerprint density at radius 1 is 1.60 bits per heavy atom. The second-order valence-corrected chi connectivity index (χ2v) is 4.62. The Hall–Kier alpha value is -0.390. The van der Waals surface area contributed by atoms with E-state index in [9.17, 15) is 0 Å². The fraction of sp³-hybridized carbons (Fsp3) is 0.778. The normalized spacial score (nSPS) is 27.0. The van der Waals surface area contributed by atoms with Crippen LogP contribution < -0.4 is 4.90 Å². The first-order chi connectivity index (χ1) is 7.22. The zero-order valence-corrected chi connectivity index (χ0v) is 10.4. The van der Waals surface area contributed by atoms with Crippen LogP contribution in [0.4, 0.5) is 5.82 Å². The van der Waals surface area contributed by atoms with Gasteiger partial charge in [0.2, 0.25) is 0 Å². The lowest BCUT2D eigenvalue weighted by Crippen LogP contribution is -2.49. The smallest absolute Gasteiger partial charge is 0.187 e. The van der Waals surface area contributed by atoms with Crippen molar-refractivity contribution in [2.24, 2.45) is 0 Å². The molecule has 2 rings (SSSR count). The van der Waals surface area contributed by atoms with Gasteiger partial charge in [0.05, 0.1) is 30.5 Å². The van der Waals surface area contributed by atoms with Gasteiger partial charge < -0.3 is 9.64 Å². The van der Waals surface area contributed by atoms with E-state index in [4.69, 9.17) is 16.3 Å². The van der Waals surface area contributed by atoms with Crippen LogP contribution in [0.1, 0.15) is 20.3 Å². The Balaban J connectivity index is 2.20. The van der Waals surface area contributed by atoms with Gasteiger partial charge in [0.1, 0.15) is 0 Å². The molecule has 2 unspecified atom stereocenters. The summed E-state index contributed by atoms with van der Waals surface area (Å²) in [6.07, 6.45) is 1.26. The fourth-order valence-corrected chi connectivity index (χ4v) is 2.54. The summed E-state index contributed by atoms with van der Waals surface area (Å²) in [5.41, 5.74) is 0. The van der Waals surface area contributed by atoms with Crippen molar-refractivity contribution in [1.82, 2.24) is 8.75 Å². The molecule has 0 amide bonds. The van der Waals surface area contributed by atoms with Gasteiger partial charge >= 0.3 is 0 Å². The lowest BCUT2D eigenvalue weighted by molar-refractivity contribution is 0.0297. The summed E-state index contributed by atoms with van der Waals surface area (Å²) >= 11 is 7.16. The highest BCUT2D eigenvalue weighted by atomic mass is 35.5. The predicted octanol–water partition coefficient (Wildman–Crippen LogP) is 2.20. The Bertz CT molecular complexity index is 333. The predicted molar refractivity (Wildman–Crippen MR) is 61.8 cm³/mol. The van der Waals surface area contributed by atoms with E-state index < -0.39 is 0 Å². The minimum Gasteiger partial charge on any atom is -0.375 e. The number of nitrogens with zero attached hydrogens (tertiary/aromatic N) is 3. The average Bonchev–Trinajstić information content (AvgIpc) is 2.64. The van der Waals surface area contributed by atoms with Gasteiger partial charge in [0.15, 0.2) is 11.0 Å². The van der Waals surface area contributed by atoms with Crippen molar-refractivity contribution in [2.75, 3.05) is 18.1 Å². The van der Waals surface area contributed by atoms with Gasteiger partial charge in [0.25, 0.3) is 0 Å². The van der Waals surface area contributed by atoms with Gasteiger partial charge in [-0.2, -0.15) is 8.75 Å². The molecule has 2 atom stereocenters. The van der Waals surface area contributed by atoms with Crippen molar-refractivity contribution in [2.45, 2.75) is 32.4 Å². The van der Waals surface area contributed by atoms with Gasteiger partial charge in [-0.3, -0.25) is 0 Å². The third-order valence-electron chi connectivity index (χ3n) is 2.64. The number of anilines is 1. The second-order valence-electron chi connectivity index (χ2n) is 3.74. The standard InChI is InChI=1S/C9H14ClN3OS/c1-3-7-5-14-6(2)4-13(7)9-8(10)11-15-12-9/h6-7H,3-5H2,1-2H3. The number of hydrogen-bond donors (Lipinski definition) is 0. The maximum Gasteiger partial charge on any atom is 0.187 e.